The summed E-state index contributed by atoms with van der Waals surface area (Å²) >= 11 is 0. The fourth-order valence-electron chi connectivity index (χ4n) is 1.95. The maximum Gasteiger partial charge on any atom is 0.258 e. The van der Waals surface area contributed by atoms with Gasteiger partial charge in [0, 0.05) is 18.8 Å². The molecule has 1 amide bonds. The quantitative estimate of drug-likeness (QED) is 0.814. The van der Waals surface area contributed by atoms with Crippen molar-refractivity contribution >= 4 is 5.91 Å². The number of aromatic nitrogens is 1. The summed E-state index contributed by atoms with van der Waals surface area (Å²) in [7, 11) is 1.39. The predicted octanol–water partition coefficient (Wildman–Crippen LogP) is 3.33. The van der Waals surface area contributed by atoms with Crippen molar-refractivity contribution in [2.45, 2.75) is 13.0 Å². The Labute approximate surface area is 120 Å². The molecule has 0 saturated carbocycles. The minimum absolute atomic E-state index is 0.0233. The molecule has 110 valence electrons. The van der Waals surface area contributed by atoms with Crippen molar-refractivity contribution < 1.29 is 18.0 Å². The Hall–Kier alpha value is -2.37. The van der Waals surface area contributed by atoms with Gasteiger partial charge in [0.15, 0.2) is 0 Å². The summed E-state index contributed by atoms with van der Waals surface area (Å²) < 4.78 is 40.5. The molecule has 21 heavy (non-hydrogen) atoms. The second-order valence-corrected chi connectivity index (χ2v) is 4.60. The van der Waals surface area contributed by atoms with Gasteiger partial charge in [-0.1, -0.05) is 0 Å². The third-order valence-electron chi connectivity index (χ3n) is 3.30. The zero-order chi connectivity index (χ0) is 15.6. The number of amides is 1. The van der Waals surface area contributed by atoms with E-state index in [0.717, 1.165) is 23.1 Å². The fourth-order valence-corrected chi connectivity index (χ4v) is 1.95. The van der Waals surface area contributed by atoms with Crippen LogP contribution in [0.25, 0.3) is 0 Å². The lowest BCUT2D eigenvalue weighted by Gasteiger charge is -2.25. The first-order valence-corrected chi connectivity index (χ1v) is 6.24. The van der Waals surface area contributed by atoms with Gasteiger partial charge in [0.1, 0.15) is 11.6 Å². The molecular weight excluding hydrogens is 281 g/mol. The molecule has 0 radical (unpaired) electrons. The topological polar surface area (TPSA) is 33.2 Å². The first-order chi connectivity index (χ1) is 9.91. The number of pyridine rings is 1. The molecule has 0 N–H and O–H groups in total. The Morgan fingerprint density at radius 2 is 1.95 bits per heavy atom. The highest BCUT2D eigenvalue weighted by Crippen LogP contribution is 2.24. The maximum atomic E-state index is 13.7. The first-order valence-electron chi connectivity index (χ1n) is 6.24. The molecule has 0 aliphatic carbocycles. The van der Waals surface area contributed by atoms with E-state index in [4.69, 9.17) is 0 Å². The molecule has 1 unspecified atom stereocenters. The van der Waals surface area contributed by atoms with Crippen LogP contribution in [0, 0.1) is 17.6 Å². The molecule has 0 saturated heterocycles. The molecule has 0 aliphatic rings. The normalized spacial score (nSPS) is 12.0. The molecule has 1 atom stereocenters. The summed E-state index contributed by atoms with van der Waals surface area (Å²) in [5.41, 5.74) is -0.196. The number of hydrogen-bond acceptors (Lipinski definition) is 2. The van der Waals surface area contributed by atoms with Gasteiger partial charge in [-0.3, -0.25) is 4.79 Å². The number of nitrogens with zero attached hydrogens (tertiary/aromatic N) is 2. The molecule has 3 nitrogen and oxygen atoms in total. The Kier molecular flexibility index (Phi) is 4.26. The van der Waals surface area contributed by atoms with Gasteiger partial charge in [-0.05, 0) is 37.3 Å². The lowest BCUT2D eigenvalue weighted by molar-refractivity contribution is 0.0734. The van der Waals surface area contributed by atoms with Crippen molar-refractivity contribution in [3.8, 4) is 0 Å². The molecule has 1 aromatic carbocycles. The van der Waals surface area contributed by atoms with Crippen molar-refractivity contribution in [2.75, 3.05) is 7.05 Å². The van der Waals surface area contributed by atoms with E-state index < -0.39 is 29.5 Å². The van der Waals surface area contributed by atoms with Gasteiger partial charge in [0.05, 0.1) is 11.6 Å². The molecular formula is C15H13F3N2O. The maximum absolute atomic E-state index is 13.7. The van der Waals surface area contributed by atoms with Gasteiger partial charge in [-0.25, -0.2) is 13.8 Å². The highest BCUT2D eigenvalue weighted by Gasteiger charge is 2.24. The van der Waals surface area contributed by atoms with Crippen molar-refractivity contribution in [1.82, 2.24) is 9.88 Å². The van der Waals surface area contributed by atoms with Crippen LogP contribution in [-0.2, 0) is 0 Å². The summed E-state index contributed by atoms with van der Waals surface area (Å²) in [5.74, 6) is -2.79. The lowest BCUT2D eigenvalue weighted by Crippen LogP contribution is -2.31. The van der Waals surface area contributed by atoms with E-state index in [1.54, 1.807) is 0 Å². The first kappa shape index (κ1) is 15.0. The van der Waals surface area contributed by atoms with Crippen LogP contribution >= 0.6 is 0 Å². The Balaban J connectivity index is 2.31. The zero-order valence-corrected chi connectivity index (χ0v) is 11.5. The third kappa shape index (κ3) is 3.04. The van der Waals surface area contributed by atoms with Crippen LogP contribution in [0.2, 0.25) is 0 Å². The zero-order valence-electron chi connectivity index (χ0n) is 11.5. The number of benzene rings is 1. The number of hydrogen-bond donors (Lipinski definition) is 0. The molecule has 6 heteroatoms. The second-order valence-electron chi connectivity index (χ2n) is 4.60. The van der Waals surface area contributed by atoms with Crippen molar-refractivity contribution in [2.24, 2.45) is 0 Å². The summed E-state index contributed by atoms with van der Waals surface area (Å²) in [6.07, 6.45) is 1.22. The monoisotopic (exact) mass is 294 g/mol. The molecule has 0 fully saturated rings. The van der Waals surface area contributed by atoms with Crippen molar-refractivity contribution in [3.05, 3.63) is 65.2 Å². The highest BCUT2D eigenvalue weighted by atomic mass is 19.1. The third-order valence-corrected chi connectivity index (χ3v) is 3.30. The molecule has 2 aromatic rings. The van der Waals surface area contributed by atoms with Crippen LogP contribution in [0.1, 0.15) is 28.9 Å². The SMILES string of the molecule is CC(c1cc(F)ccc1F)N(C)C(=O)c1cccnc1F. The van der Waals surface area contributed by atoms with Crippen molar-refractivity contribution in [3.63, 3.8) is 0 Å². The van der Waals surface area contributed by atoms with Crippen LogP contribution in [0.3, 0.4) is 0 Å². The number of rotatable bonds is 3. The van der Waals surface area contributed by atoms with Crippen LogP contribution < -0.4 is 0 Å². The second kappa shape index (κ2) is 5.95. The Morgan fingerprint density at radius 1 is 1.24 bits per heavy atom. The molecule has 1 aromatic heterocycles. The van der Waals surface area contributed by atoms with Crippen LogP contribution in [0.4, 0.5) is 13.2 Å². The average Bonchev–Trinajstić information content (AvgIpc) is 2.48. The van der Waals surface area contributed by atoms with E-state index >= 15 is 0 Å². The van der Waals surface area contributed by atoms with Crippen molar-refractivity contribution in [1.29, 1.82) is 0 Å². The number of carbonyl (C=O) groups excluding carboxylic acids is 1. The van der Waals surface area contributed by atoms with E-state index in [1.807, 2.05) is 0 Å². The Bertz CT molecular complexity index is 676. The largest absolute Gasteiger partial charge is 0.335 e. The van der Waals surface area contributed by atoms with E-state index in [1.165, 1.54) is 32.3 Å². The summed E-state index contributed by atoms with van der Waals surface area (Å²) in [6, 6.07) is 4.96. The minimum atomic E-state index is -0.902. The van der Waals surface area contributed by atoms with E-state index in [9.17, 15) is 18.0 Å². The van der Waals surface area contributed by atoms with E-state index in [-0.39, 0.29) is 11.1 Å². The van der Waals surface area contributed by atoms with Gasteiger partial charge < -0.3 is 4.90 Å². The molecule has 0 bridgehead atoms. The van der Waals surface area contributed by atoms with E-state index in [2.05, 4.69) is 4.98 Å². The number of halogens is 3. The summed E-state index contributed by atoms with van der Waals surface area (Å²) in [5, 5.41) is 0. The molecule has 0 spiro atoms. The van der Waals surface area contributed by atoms with Gasteiger partial charge in [0.25, 0.3) is 5.91 Å². The van der Waals surface area contributed by atoms with E-state index in [0.29, 0.717) is 0 Å². The van der Waals surface area contributed by atoms with Gasteiger partial charge in [-0.15, -0.1) is 0 Å². The fraction of sp³-hybridized carbons (Fsp3) is 0.200. The minimum Gasteiger partial charge on any atom is -0.335 e. The molecule has 1 heterocycles. The number of carbonyl (C=O) groups is 1. The predicted molar refractivity (Wildman–Crippen MR) is 71.1 cm³/mol. The average molecular weight is 294 g/mol. The highest BCUT2D eigenvalue weighted by molar-refractivity contribution is 5.94. The Morgan fingerprint density at radius 3 is 2.62 bits per heavy atom. The van der Waals surface area contributed by atoms with Gasteiger partial charge in [0.2, 0.25) is 5.95 Å². The van der Waals surface area contributed by atoms with Gasteiger partial charge >= 0.3 is 0 Å². The molecule has 0 aliphatic heterocycles. The van der Waals surface area contributed by atoms with Crippen LogP contribution in [0.5, 0.6) is 0 Å². The smallest absolute Gasteiger partial charge is 0.258 e. The van der Waals surface area contributed by atoms with Gasteiger partial charge in [-0.2, -0.15) is 4.39 Å². The summed E-state index contributed by atoms with van der Waals surface area (Å²) in [6.45, 7) is 1.53. The summed E-state index contributed by atoms with van der Waals surface area (Å²) in [4.78, 5) is 16.7. The molecule has 2 rings (SSSR count). The van der Waals surface area contributed by atoms with Crippen LogP contribution in [0.15, 0.2) is 36.5 Å². The lowest BCUT2D eigenvalue weighted by atomic mass is 10.1. The standard InChI is InChI=1S/C15H13F3N2O/c1-9(12-8-10(16)5-6-13(12)17)20(2)15(21)11-4-3-7-19-14(11)18/h3-9H,1-2H3. The van der Waals surface area contributed by atoms with Crippen LogP contribution in [-0.4, -0.2) is 22.8 Å².